The monoisotopic (exact) mass is 339 g/mol. The number of hydrogen-bond acceptors (Lipinski definition) is 3. The van der Waals surface area contributed by atoms with Gasteiger partial charge in [-0.05, 0) is 17.7 Å². The first-order valence-electron chi connectivity index (χ1n) is 8.27. The van der Waals surface area contributed by atoms with Crippen molar-refractivity contribution in [1.29, 1.82) is 0 Å². The summed E-state index contributed by atoms with van der Waals surface area (Å²) >= 11 is 0. The van der Waals surface area contributed by atoms with Crippen molar-refractivity contribution in [3.8, 4) is 5.75 Å². The van der Waals surface area contributed by atoms with E-state index in [2.05, 4.69) is 10.6 Å². The first-order chi connectivity index (χ1) is 12.2. The minimum absolute atomic E-state index is 0.194. The molecule has 2 aromatic rings. The molecule has 0 radical (unpaired) electrons. The van der Waals surface area contributed by atoms with Gasteiger partial charge in [0.2, 0.25) is 5.91 Å². The summed E-state index contributed by atoms with van der Waals surface area (Å²) in [5, 5.41) is 5.51. The lowest BCUT2D eigenvalue weighted by Crippen LogP contribution is -2.44. The second-order valence-electron chi connectivity index (χ2n) is 5.82. The van der Waals surface area contributed by atoms with Crippen LogP contribution in [-0.4, -0.2) is 42.6 Å². The van der Waals surface area contributed by atoms with Gasteiger partial charge < -0.3 is 20.3 Å². The molecule has 1 unspecified atom stereocenters. The molecule has 130 valence electrons. The van der Waals surface area contributed by atoms with E-state index in [9.17, 15) is 9.59 Å². The number of benzene rings is 2. The number of rotatable bonds is 7. The van der Waals surface area contributed by atoms with Crippen LogP contribution in [0.4, 0.5) is 4.79 Å². The minimum Gasteiger partial charge on any atom is -0.492 e. The molecular formula is C19H21N3O3. The van der Waals surface area contributed by atoms with Gasteiger partial charge in [0.05, 0.1) is 13.1 Å². The summed E-state index contributed by atoms with van der Waals surface area (Å²) in [7, 11) is 0. The van der Waals surface area contributed by atoms with Gasteiger partial charge in [-0.25, -0.2) is 4.79 Å². The highest BCUT2D eigenvalue weighted by molar-refractivity contribution is 5.90. The zero-order chi connectivity index (χ0) is 17.5. The molecule has 25 heavy (non-hydrogen) atoms. The molecule has 0 aliphatic carbocycles. The minimum atomic E-state index is -0.534. The Morgan fingerprint density at radius 1 is 1.12 bits per heavy atom. The third-order valence-electron chi connectivity index (χ3n) is 3.93. The molecule has 3 rings (SSSR count). The molecule has 0 aromatic heterocycles. The molecule has 0 saturated carbocycles. The summed E-state index contributed by atoms with van der Waals surface area (Å²) in [6.45, 7) is 1.62. The Morgan fingerprint density at radius 3 is 2.52 bits per heavy atom. The van der Waals surface area contributed by atoms with Crippen LogP contribution in [0.2, 0.25) is 0 Å². The van der Waals surface area contributed by atoms with Crippen molar-refractivity contribution in [1.82, 2.24) is 15.5 Å². The lowest BCUT2D eigenvalue weighted by Gasteiger charge is -2.14. The Bertz CT molecular complexity index is 706. The molecule has 1 aliphatic rings. The quantitative estimate of drug-likeness (QED) is 0.756. The van der Waals surface area contributed by atoms with Crippen LogP contribution < -0.4 is 15.4 Å². The maximum atomic E-state index is 12.2. The maximum Gasteiger partial charge on any atom is 0.318 e. The van der Waals surface area contributed by atoms with E-state index < -0.39 is 6.04 Å². The molecule has 1 aliphatic heterocycles. The first kappa shape index (κ1) is 16.8. The average molecular weight is 339 g/mol. The van der Waals surface area contributed by atoms with E-state index in [4.69, 9.17) is 4.74 Å². The van der Waals surface area contributed by atoms with Crippen LogP contribution in [0, 0.1) is 0 Å². The van der Waals surface area contributed by atoms with Crippen molar-refractivity contribution < 1.29 is 14.3 Å². The Kier molecular flexibility index (Phi) is 5.51. The highest BCUT2D eigenvalue weighted by atomic mass is 16.5. The van der Waals surface area contributed by atoms with Crippen LogP contribution in [-0.2, 0) is 11.3 Å². The molecule has 2 N–H and O–H groups in total. The fraction of sp³-hybridized carbons (Fsp3) is 0.263. The van der Waals surface area contributed by atoms with Crippen LogP contribution >= 0.6 is 0 Å². The van der Waals surface area contributed by atoms with E-state index in [1.54, 1.807) is 4.90 Å². The summed E-state index contributed by atoms with van der Waals surface area (Å²) in [5.74, 6) is 0.570. The van der Waals surface area contributed by atoms with Crippen LogP contribution in [0.5, 0.6) is 5.75 Å². The number of para-hydroxylation sites is 1. The Labute approximate surface area is 146 Å². The molecule has 1 fully saturated rings. The molecule has 0 spiro atoms. The van der Waals surface area contributed by atoms with Crippen molar-refractivity contribution in [3.05, 3.63) is 66.2 Å². The number of carbonyl (C=O) groups is 2. The van der Waals surface area contributed by atoms with Crippen LogP contribution in [0.1, 0.15) is 5.56 Å². The Morgan fingerprint density at radius 2 is 1.80 bits per heavy atom. The van der Waals surface area contributed by atoms with Gasteiger partial charge in [0.15, 0.2) is 0 Å². The highest BCUT2D eigenvalue weighted by Crippen LogP contribution is 2.11. The molecule has 2 aromatic carbocycles. The van der Waals surface area contributed by atoms with Crippen LogP contribution in [0.3, 0.4) is 0 Å². The highest BCUT2D eigenvalue weighted by Gasteiger charge is 2.33. The van der Waals surface area contributed by atoms with Gasteiger partial charge in [0.1, 0.15) is 18.4 Å². The van der Waals surface area contributed by atoms with Crippen LogP contribution in [0.25, 0.3) is 0 Å². The van der Waals surface area contributed by atoms with E-state index in [1.165, 1.54) is 0 Å². The summed E-state index contributed by atoms with van der Waals surface area (Å²) in [6, 6.07) is 18.4. The van der Waals surface area contributed by atoms with E-state index in [-0.39, 0.29) is 11.9 Å². The average Bonchev–Trinajstić information content (AvgIpc) is 3.01. The van der Waals surface area contributed by atoms with Crippen molar-refractivity contribution >= 4 is 11.9 Å². The zero-order valence-electron chi connectivity index (χ0n) is 13.9. The molecular weight excluding hydrogens is 318 g/mol. The molecule has 1 atom stereocenters. The Hall–Kier alpha value is -3.02. The van der Waals surface area contributed by atoms with Crippen LogP contribution in [0.15, 0.2) is 60.7 Å². The largest absolute Gasteiger partial charge is 0.492 e. The predicted molar refractivity (Wildman–Crippen MR) is 94.1 cm³/mol. The maximum absolute atomic E-state index is 12.2. The normalized spacial score (nSPS) is 16.4. The second kappa shape index (κ2) is 8.19. The number of carbonyl (C=O) groups excluding carboxylic acids is 2. The zero-order valence-corrected chi connectivity index (χ0v) is 13.9. The van der Waals surface area contributed by atoms with Gasteiger partial charge in [-0.2, -0.15) is 0 Å². The lowest BCUT2D eigenvalue weighted by molar-refractivity contribution is -0.122. The summed E-state index contributed by atoms with van der Waals surface area (Å²) in [6.07, 6.45) is 0. The Balaban J connectivity index is 1.41. The van der Waals surface area contributed by atoms with Crippen molar-refractivity contribution in [2.24, 2.45) is 0 Å². The van der Waals surface area contributed by atoms with Gasteiger partial charge in [-0.15, -0.1) is 0 Å². The summed E-state index contributed by atoms with van der Waals surface area (Å²) < 4.78 is 5.53. The number of hydrogen-bond donors (Lipinski definition) is 2. The predicted octanol–water partition coefficient (Wildman–Crippen LogP) is 1.78. The molecule has 0 bridgehead atoms. The molecule has 6 nitrogen and oxygen atoms in total. The molecule has 6 heteroatoms. The lowest BCUT2D eigenvalue weighted by atomic mass is 10.2. The third kappa shape index (κ3) is 4.73. The topological polar surface area (TPSA) is 70.7 Å². The fourth-order valence-electron chi connectivity index (χ4n) is 2.66. The molecule has 1 saturated heterocycles. The number of amides is 3. The first-order valence-corrected chi connectivity index (χ1v) is 8.27. The van der Waals surface area contributed by atoms with Gasteiger partial charge in [-0.1, -0.05) is 48.5 Å². The van der Waals surface area contributed by atoms with E-state index in [1.807, 2.05) is 60.7 Å². The third-order valence-corrected chi connectivity index (χ3v) is 3.93. The number of nitrogens with zero attached hydrogens (tertiary/aromatic N) is 1. The molecule has 3 amide bonds. The van der Waals surface area contributed by atoms with E-state index in [0.717, 1.165) is 11.3 Å². The SMILES string of the molecule is O=C(NCCOc1ccccc1)C1CN(Cc2ccccc2)C(=O)N1. The fourth-order valence-corrected chi connectivity index (χ4v) is 2.66. The van der Waals surface area contributed by atoms with Gasteiger partial charge in [0.25, 0.3) is 0 Å². The van der Waals surface area contributed by atoms with Crippen molar-refractivity contribution in [2.45, 2.75) is 12.6 Å². The summed E-state index contributed by atoms with van der Waals surface area (Å²) in [5.41, 5.74) is 1.04. The standard InChI is InChI=1S/C19H21N3O3/c23-18(20-11-12-25-16-9-5-2-6-10-16)17-14-22(19(24)21-17)13-15-7-3-1-4-8-15/h1-10,17H,11-14H2,(H,20,23)(H,21,24). The molecule has 1 heterocycles. The van der Waals surface area contributed by atoms with E-state index >= 15 is 0 Å². The van der Waals surface area contributed by atoms with E-state index in [0.29, 0.717) is 26.2 Å². The number of urea groups is 1. The van der Waals surface area contributed by atoms with Gasteiger partial charge in [0, 0.05) is 6.54 Å². The van der Waals surface area contributed by atoms with Gasteiger partial charge >= 0.3 is 6.03 Å². The second-order valence-corrected chi connectivity index (χ2v) is 5.82. The number of nitrogens with one attached hydrogen (secondary N) is 2. The van der Waals surface area contributed by atoms with Crippen molar-refractivity contribution in [2.75, 3.05) is 19.7 Å². The van der Waals surface area contributed by atoms with Crippen molar-refractivity contribution in [3.63, 3.8) is 0 Å². The van der Waals surface area contributed by atoms with Gasteiger partial charge in [-0.3, -0.25) is 4.79 Å². The smallest absolute Gasteiger partial charge is 0.318 e. The summed E-state index contributed by atoms with van der Waals surface area (Å²) in [4.78, 5) is 25.8. The number of ether oxygens (including phenoxy) is 1.